The van der Waals surface area contributed by atoms with Gasteiger partial charge in [-0.1, -0.05) is 29.3 Å². The minimum absolute atomic E-state index is 0. The molecule has 1 rings (SSSR count). The first-order chi connectivity index (χ1) is 5.11. The van der Waals surface area contributed by atoms with Crippen molar-refractivity contribution in [3.8, 4) is 0 Å². The Labute approximate surface area is 108 Å². The molecule has 0 N–H and O–H groups in total. The minimum Gasteiger partial charge on any atom is -0.737 e. The van der Waals surface area contributed by atoms with Crippen LogP contribution < -0.4 is 29.6 Å². The predicted molar refractivity (Wildman–Crippen MR) is 48.2 cm³/mol. The Kier molecular flexibility index (Phi) is 5.74. The van der Waals surface area contributed by atoms with Gasteiger partial charge >= 0.3 is 29.6 Å². The summed E-state index contributed by atoms with van der Waals surface area (Å²) in [6.45, 7) is 0. The molecular formula is C7H3Cl2NaOS. The summed E-state index contributed by atoms with van der Waals surface area (Å²) in [5.74, 6) is 0. The molecule has 1 nitrogen and oxygen atoms in total. The zero-order valence-corrected chi connectivity index (χ0v) is 10.6. The van der Waals surface area contributed by atoms with Gasteiger partial charge in [-0.3, -0.25) is 0 Å². The van der Waals surface area contributed by atoms with Crippen molar-refractivity contribution in [3.63, 3.8) is 0 Å². The van der Waals surface area contributed by atoms with Crippen LogP contribution in [0.1, 0.15) is 10.4 Å². The van der Waals surface area contributed by atoms with Crippen LogP contribution in [0.25, 0.3) is 0 Å². The van der Waals surface area contributed by atoms with Crippen LogP contribution >= 0.6 is 23.2 Å². The molecule has 0 aliphatic heterocycles. The molecule has 0 aliphatic carbocycles. The number of rotatable bonds is 1. The Bertz CT molecular complexity index is 303. The van der Waals surface area contributed by atoms with Gasteiger partial charge in [-0.25, -0.2) is 0 Å². The summed E-state index contributed by atoms with van der Waals surface area (Å²) in [6.07, 6.45) is 0. The van der Waals surface area contributed by atoms with Crippen molar-refractivity contribution >= 4 is 40.9 Å². The monoisotopic (exact) mass is 228 g/mol. The zero-order valence-electron chi connectivity index (χ0n) is 6.30. The van der Waals surface area contributed by atoms with E-state index in [2.05, 4.69) is 12.6 Å². The Morgan fingerprint density at radius 2 is 1.83 bits per heavy atom. The maximum Gasteiger partial charge on any atom is 1.00 e. The van der Waals surface area contributed by atoms with E-state index in [1.54, 1.807) is 12.1 Å². The molecule has 12 heavy (non-hydrogen) atoms. The van der Waals surface area contributed by atoms with Gasteiger partial charge in [0.05, 0.1) is 10.0 Å². The van der Waals surface area contributed by atoms with Crippen molar-refractivity contribution in [2.75, 3.05) is 0 Å². The Morgan fingerprint density at radius 3 is 2.25 bits per heavy atom. The first-order valence-electron chi connectivity index (χ1n) is 2.77. The first kappa shape index (κ1) is 12.7. The maximum absolute atomic E-state index is 10.6. The molecule has 0 radical (unpaired) electrons. The van der Waals surface area contributed by atoms with Crippen molar-refractivity contribution in [1.29, 1.82) is 0 Å². The second-order valence-corrected chi connectivity index (χ2v) is 3.10. The molecule has 0 spiro atoms. The van der Waals surface area contributed by atoms with E-state index in [1.807, 2.05) is 0 Å². The number of halogens is 2. The summed E-state index contributed by atoms with van der Waals surface area (Å²) in [6, 6.07) is 4.55. The van der Waals surface area contributed by atoms with Crippen LogP contribution in [-0.4, -0.2) is 5.12 Å². The van der Waals surface area contributed by atoms with E-state index in [4.69, 9.17) is 23.2 Å². The predicted octanol–water partition coefficient (Wildman–Crippen LogP) is -0.315. The number of benzene rings is 1. The summed E-state index contributed by atoms with van der Waals surface area (Å²) in [5, 5.41) is 0.345. The van der Waals surface area contributed by atoms with Gasteiger partial charge in [0.2, 0.25) is 0 Å². The molecule has 1 aromatic rings. The van der Waals surface area contributed by atoms with Crippen molar-refractivity contribution in [3.05, 3.63) is 33.8 Å². The molecule has 0 saturated carbocycles. The fourth-order valence-corrected chi connectivity index (χ4v) is 1.05. The first-order valence-corrected chi connectivity index (χ1v) is 3.94. The van der Waals surface area contributed by atoms with Crippen LogP contribution in [0.5, 0.6) is 0 Å². The summed E-state index contributed by atoms with van der Waals surface area (Å²) in [5.41, 5.74) is 0.398. The molecule has 0 unspecified atom stereocenters. The number of carbonyl (C=O) groups excluding carboxylic acids is 1. The van der Waals surface area contributed by atoms with Gasteiger partial charge in [-0.05, 0) is 17.7 Å². The molecule has 58 valence electrons. The molecule has 1 aromatic carbocycles. The second-order valence-electron chi connectivity index (χ2n) is 1.92. The molecule has 5 heteroatoms. The van der Waals surface area contributed by atoms with Crippen molar-refractivity contribution in [2.45, 2.75) is 0 Å². The summed E-state index contributed by atoms with van der Waals surface area (Å²) < 4.78 is 0. The number of hydrogen-bond acceptors (Lipinski definition) is 2. The van der Waals surface area contributed by atoms with Gasteiger partial charge in [0.25, 0.3) is 0 Å². The van der Waals surface area contributed by atoms with Crippen LogP contribution in [0.15, 0.2) is 18.2 Å². The largest absolute Gasteiger partial charge is 1.00 e. The SMILES string of the molecule is O=C([S-])c1ccc(Cl)c(Cl)c1.[Na+]. The van der Waals surface area contributed by atoms with Gasteiger partial charge in [0.15, 0.2) is 0 Å². The van der Waals surface area contributed by atoms with Gasteiger partial charge in [-0.2, -0.15) is 0 Å². The molecule has 0 bridgehead atoms. The summed E-state index contributed by atoms with van der Waals surface area (Å²) in [4.78, 5) is 10.6. The standard InChI is InChI=1S/C7H4Cl2OS.Na/c8-5-2-1-4(7(10)11)3-6(5)9;/h1-3H,(H,10,11);/q;+1/p-1. The summed E-state index contributed by atoms with van der Waals surface area (Å²) in [7, 11) is 0. The third kappa shape index (κ3) is 3.21. The van der Waals surface area contributed by atoms with Crippen LogP contribution in [0.2, 0.25) is 10.0 Å². The normalized spacial score (nSPS) is 8.83. The third-order valence-electron chi connectivity index (χ3n) is 1.16. The average molecular weight is 229 g/mol. The maximum atomic E-state index is 10.6. The fraction of sp³-hybridized carbons (Fsp3) is 0. The zero-order chi connectivity index (χ0) is 8.43. The molecule has 0 saturated heterocycles. The van der Waals surface area contributed by atoms with E-state index in [0.29, 0.717) is 15.6 Å². The quantitative estimate of drug-likeness (QED) is 0.485. The van der Waals surface area contributed by atoms with E-state index < -0.39 is 5.12 Å². The number of hydrogen-bond donors (Lipinski definition) is 0. The molecule has 0 aromatic heterocycles. The van der Waals surface area contributed by atoms with Gasteiger partial charge < -0.3 is 17.4 Å². The average Bonchev–Trinajstić information content (AvgIpc) is 1.94. The van der Waals surface area contributed by atoms with Crippen LogP contribution in [0.4, 0.5) is 0 Å². The van der Waals surface area contributed by atoms with Crippen molar-refractivity contribution in [2.24, 2.45) is 0 Å². The van der Waals surface area contributed by atoms with Gasteiger partial charge in [0.1, 0.15) is 0 Å². The van der Waals surface area contributed by atoms with E-state index in [-0.39, 0.29) is 29.6 Å². The molecule has 0 amide bonds. The Balaban J connectivity index is 0.00000121. The minimum atomic E-state index is -0.427. The molecule has 0 atom stereocenters. The Morgan fingerprint density at radius 1 is 1.25 bits per heavy atom. The molecule has 0 aliphatic rings. The van der Waals surface area contributed by atoms with Gasteiger partial charge in [0, 0.05) is 5.12 Å². The van der Waals surface area contributed by atoms with Crippen molar-refractivity contribution in [1.82, 2.24) is 0 Å². The van der Waals surface area contributed by atoms with Crippen LogP contribution in [-0.2, 0) is 12.6 Å². The molecule has 0 heterocycles. The van der Waals surface area contributed by atoms with E-state index >= 15 is 0 Å². The molecular weight excluding hydrogens is 226 g/mol. The van der Waals surface area contributed by atoms with E-state index in [1.165, 1.54) is 6.07 Å². The Hall–Kier alpha value is 0.690. The fourth-order valence-electron chi connectivity index (χ4n) is 0.623. The van der Waals surface area contributed by atoms with E-state index in [0.717, 1.165) is 0 Å². The number of carbonyl (C=O) groups is 1. The van der Waals surface area contributed by atoms with Crippen LogP contribution in [0, 0.1) is 0 Å². The molecule has 0 fully saturated rings. The second kappa shape index (κ2) is 5.43. The van der Waals surface area contributed by atoms with Crippen molar-refractivity contribution < 1.29 is 34.4 Å². The van der Waals surface area contributed by atoms with E-state index in [9.17, 15) is 4.79 Å². The summed E-state index contributed by atoms with van der Waals surface area (Å²) >= 11 is 15.6. The smallest absolute Gasteiger partial charge is 0.737 e. The topological polar surface area (TPSA) is 17.1 Å². The third-order valence-corrected chi connectivity index (χ3v) is 2.13. The van der Waals surface area contributed by atoms with Crippen LogP contribution in [0.3, 0.4) is 0 Å². The van der Waals surface area contributed by atoms with Gasteiger partial charge in [-0.15, -0.1) is 0 Å².